The van der Waals surface area contributed by atoms with Crippen LogP contribution in [0.1, 0.15) is 29.4 Å². The zero-order chi connectivity index (χ0) is 34.7. The fourth-order valence-electron chi connectivity index (χ4n) is 5.66. The molecule has 2 aromatic heterocycles. The van der Waals surface area contributed by atoms with Crippen LogP contribution in [0.2, 0.25) is 5.02 Å². The number of halogens is 8. The second kappa shape index (κ2) is 12.6. The van der Waals surface area contributed by atoms with Crippen LogP contribution in [0.25, 0.3) is 28.1 Å². The Bertz CT molecular complexity index is 1980. The van der Waals surface area contributed by atoms with Crippen LogP contribution in [0, 0.1) is 30.2 Å². The number of aliphatic hydroxyl groups is 3. The van der Waals surface area contributed by atoms with E-state index in [1.807, 2.05) is 0 Å². The second-order valence-corrected chi connectivity index (χ2v) is 11.4. The first-order valence-electron chi connectivity index (χ1n) is 14.1. The van der Waals surface area contributed by atoms with Crippen LogP contribution in [-0.4, -0.2) is 64.8 Å². The number of ether oxygens (including phenoxy) is 1. The third-order valence-electron chi connectivity index (χ3n) is 7.84. The molecular formula is C31H23ClF7N5O4. The van der Waals surface area contributed by atoms with E-state index >= 15 is 4.39 Å². The molecule has 0 radical (unpaired) electrons. The molecule has 3 heterocycles. The molecule has 2 unspecified atom stereocenters. The minimum atomic E-state index is -4.87. The summed E-state index contributed by atoms with van der Waals surface area (Å²) in [7, 11) is 0. The van der Waals surface area contributed by atoms with Crippen LogP contribution in [0.15, 0.2) is 60.8 Å². The number of aliphatic hydroxyl groups excluding tert-OH is 3. The lowest BCUT2D eigenvalue weighted by Gasteiger charge is -2.42. The summed E-state index contributed by atoms with van der Waals surface area (Å²) in [6.45, 7) is 0.506. The van der Waals surface area contributed by atoms with Crippen LogP contribution in [-0.2, 0) is 10.9 Å². The maximum absolute atomic E-state index is 15.0. The molecule has 1 aliphatic rings. The predicted molar refractivity (Wildman–Crippen MR) is 155 cm³/mol. The molecule has 1 aliphatic heterocycles. The summed E-state index contributed by atoms with van der Waals surface area (Å²) >= 11 is 6.03. The lowest BCUT2D eigenvalue weighted by Crippen LogP contribution is -2.53. The van der Waals surface area contributed by atoms with Crippen molar-refractivity contribution in [2.75, 3.05) is 6.61 Å². The lowest BCUT2D eigenvalue weighted by atomic mass is 9.92. The molecule has 3 aromatic carbocycles. The summed E-state index contributed by atoms with van der Waals surface area (Å²) in [6.07, 6.45) is -10.6. The Morgan fingerprint density at radius 3 is 2.23 bits per heavy atom. The molecule has 5 atom stereocenters. The maximum Gasteiger partial charge on any atom is 0.418 e. The monoisotopic (exact) mass is 697 g/mol. The molecule has 6 rings (SSSR count). The Morgan fingerprint density at radius 1 is 0.896 bits per heavy atom. The molecule has 0 amide bonds. The molecule has 0 spiro atoms. The van der Waals surface area contributed by atoms with E-state index in [2.05, 4.69) is 15.2 Å². The van der Waals surface area contributed by atoms with Crippen LogP contribution < -0.4 is 0 Å². The van der Waals surface area contributed by atoms with E-state index in [0.29, 0.717) is 12.1 Å². The average Bonchev–Trinajstić information content (AvgIpc) is 3.63. The van der Waals surface area contributed by atoms with E-state index in [9.17, 15) is 41.7 Å². The van der Waals surface area contributed by atoms with Crippen molar-refractivity contribution in [2.45, 2.75) is 43.6 Å². The number of aryl methyl sites for hydroxylation is 1. The van der Waals surface area contributed by atoms with Gasteiger partial charge in [-0.2, -0.15) is 23.4 Å². The van der Waals surface area contributed by atoms with Gasteiger partial charge < -0.3 is 20.1 Å². The Labute approximate surface area is 271 Å². The van der Waals surface area contributed by atoms with E-state index in [0.717, 1.165) is 39.8 Å². The van der Waals surface area contributed by atoms with E-state index in [-0.39, 0.29) is 39.1 Å². The number of hydrogen-bond donors (Lipinski definition) is 3. The van der Waals surface area contributed by atoms with E-state index < -0.39 is 77.8 Å². The molecule has 252 valence electrons. The molecule has 3 N–H and O–H groups in total. The van der Waals surface area contributed by atoms with Crippen molar-refractivity contribution in [2.24, 2.45) is 0 Å². The second-order valence-electron chi connectivity index (χ2n) is 10.9. The van der Waals surface area contributed by atoms with Crippen molar-refractivity contribution in [3.63, 3.8) is 0 Å². The third-order valence-corrected chi connectivity index (χ3v) is 8.07. The summed E-state index contributed by atoms with van der Waals surface area (Å²) in [5.41, 5.74) is -2.53. The first-order chi connectivity index (χ1) is 22.7. The van der Waals surface area contributed by atoms with Gasteiger partial charge in [-0.1, -0.05) is 23.7 Å². The number of alkyl halides is 3. The normalized spacial score (nSPS) is 21.5. The highest BCUT2D eigenvalue weighted by Crippen LogP contribution is 2.42. The van der Waals surface area contributed by atoms with Gasteiger partial charge >= 0.3 is 6.18 Å². The molecule has 0 aliphatic carbocycles. The Balaban J connectivity index is 1.52. The summed E-state index contributed by atoms with van der Waals surface area (Å²) in [5.74, 6) is -6.09. The number of aromatic nitrogens is 5. The number of hydrogen-bond acceptors (Lipinski definition) is 7. The minimum absolute atomic E-state index is 0.0410. The molecule has 5 aromatic rings. The maximum atomic E-state index is 15.0. The lowest BCUT2D eigenvalue weighted by molar-refractivity contribution is -0.210. The summed E-state index contributed by atoms with van der Waals surface area (Å²) in [4.78, 5) is 4.19. The van der Waals surface area contributed by atoms with Crippen LogP contribution in [0.4, 0.5) is 30.7 Å². The highest BCUT2D eigenvalue weighted by atomic mass is 35.5. The number of rotatable bonds is 6. The third kappa shape index (κ3) is 5.94. The van der Waals surface area contributed by atoms with E-state index in [4.69, 9.17) is 16.3 Å². The van der Waals surface area contributed by atoms with Crippen molar-refractivity contribution < 1.29 is 50.8 Å². The zero-order valence-electron chi connectivity index (χ0n) is 24.4. The number of benzene rings is 3. The van der Waals surface area contributed by atoms with Gasteiger partial charge in [0.25, 0.3) is 0 Å². The standard InChI is InChI=1S/C31H23ClF7N5O4/c1-13-40-30(44(41-13)22-10-15(32)6-7-18(22)31(37,38)39)29-28(47)26(27(46)23(12-45)48-29)43-11-17(14-8-20(34)24(36)21(35)9-14)25(42-43)16-4-2-3-5-19(16)33/h2-11,23,26-29,45-47H,12H2,1H3/t23?,26-,27-,28?,29+/m0/s1. The average molecular weight is 698 g/mol. The molecule has 17 heteroatoms. The highest BCUT2D eigenvalue weighted by molar-refractivity contribution is 6.30. The molecule has 9 nitrogen and oxygen atoms in total. The molecule has 1 fully saturated rings. The first-order valence-corrected chi connectivity index (χ1v) is 14.5. The van der Waals surface area contributed by atoms with Crippen molar-refractivity contribution in [1.29, 1.82) is 0 Å². The highest BCUT2D eigenvalue weighted by Gasteiger charge is 2.49. The smallest absolute Gasteiger partial charge is 0.394 e. The van der Waals surface area contributed by atoms with Gasteiger partial charge in [-0.3, -0.25) is 4.68 Å². The van der Waals surface area contributed by atoms with Gasteiger partial charge in [0.2, 0.25) is 0 Å². The molecule has 48 heavy (non-hydrogen) atoms. The predicted octanol–water partition coefficient (Wildman–Crippen LogP) is 5.73. The van der Waals surface area contributed by atoms with Crippen LogP contribution in [0.3, 0.4) is 0 Å². The Kier molecular flexibility index (Phi) is 8.80. The first kappa shape index (κ1) is 33.5. The zero-order valence-corrected chi connectivity index (χ0v) is 25.1. The van der Waals surface area contributed by atoms with Gasteiger partial charge in [0.05, 0.1) is 17.9 Å². The fraction of sp³-hybridized carbons (Fsp3) is 0.258. The largest absolute Gasteiger partial charge is 0.418 e. The number of nitrogens with zero attached hydrogens (tertiary/aromatic N) is 5. The van der Waals surface area contributed by atoms with E-state index in [1.165, 1.54) is 25.1 Å². The summed E-state index contributed by atoms with van der Waals surface area (Å²) in [6, 6.07) is 7.64. The molecule has 1 saturated heterocycles. The Morgan fingerprint density at radius 2 is 1.58 bits per heavy atom. The van der Waals surface area contributed by atoms with Crippen LogP contribution >= 0.6 is 11.6 Å². The van der Waals surface area contributed by atoms with Crippen molar-refractivity contribution in [3.05, 3.63) is 106 Å². The van der Waals surface area contributed by atoms with Crippen molar-refractivity contribution in [3.8, 4) is 28.1 Å². The van der Waals surface area contributed by atoms with Gasteiger partial charge in [0, 0.05) is 22.3 Å². The quantitative estimate of drug-likeness (QED) is 0.153. The van der Waals surface area contributed by atoms with Gasteiger partial charge in [-0.25, -0.2) is 27.2 Å². The SMILES string of the molecule is Cc1nc([C@@H]2OC(CO)[C@H](O)[C@H](n3cc(-c4cc(F)c(F)c(F)c4)c(-c4ccccc4F)n3)C2O)n(-c2cc(Cl)ccc2C(F)(F)F)n1. The van der Waals surface area contributed by atoms with Gasteiger partial charge in [-0.15, -0.1) is 0 Å². The summed E-state index contributed by atoms with van der Waals surface area (Å²) in [5, 5.41) is 41.4. The van der Waals surface area contributed by atoms with Gasteiger partial charge in [0.15, 0.2) is 23.3 Å². The summed E-state index contributed by atoms with van der Waals surface area (Å²) < 4.78 is 107. The minimum Gasteiger partial charge on any atom is -0.394 e. The topological polar surface area (TPSA) is 118 Å². The van der Waals surface area contributed by atoms with E-state index in [1.54, 1.807) is 0 Å². The van der Waals surface area contributed by atoms with Crippen molar-refractivity contribution in [1.82, 2.24) is 24.5 Å². The van der Waals surface area contributed by atoms with Crippen LogP contribution in [0.5, 0.6) is 0 Å². The van der Waals surface area contributed by atoms with Crippen molar-refractivity contribution >= 4 is 11.6 Å². The molecule has 0 saturated carbocycles. The molecule has 0 bridgehead atoms. The van der Waals surface area contributed by atoms with Gasteiger partial charge in [0.1, 0.15) is 47.8 Å². The van der Waals surface area contributed by atoms with Gasteiger partial charge in [-0.05, 0) is 55.0 Å². The Hall–Kier alpha value is -4.35. The fourth-order valence-corrected chi connectivity index (χ4v) is 5.83. The molecular weight excluding hydrogens is 675 g/mol.